The first-order valence-electron chi connectivity index (χ1n) is 10.7. The van der Waals surface area contributed by atoms with Crippen LogP contribution in [-0.2, 0) is 19.1 Å². The first-order valence-corrected chi connectivity index (χ1v) is 10.7. The minimum atomic E-state index is -6.24. The number of allylic oxidation sites excluding steroid dienone is 1. The van der Waals surface area contributed by atoms with Gasteiger partial charge in [-0.05, 0) is 30.5 Å². The second kappa shape index (κ2) is 10.4. The monoisotopic (exact) mass is 586 g/mol. The van der Waals surface area contributed by atoms with Crippen LogP contribution in [0.3, 0.4) is 0 Å². The summed E-state index contributed by atoms with van der Waals surface area (Å²) >= 11 is 0. The van der Waals surface area contributed by atoms with Crippen molar-refractivity contribution >= 4 is 23.5 Å². The van der Waals surface area contributed by atoms with Gasteiger partial charge in [0, 0.05) is 25.0 Å². The molecule has 3 N–H and O–H groups in total. The Labute approximate surface area is 217 Å². The Kier molecular flexibility index (Phi) is 7.83. The van der Waals surface area contributed by atoms with Gasteiger partial charge in [-0.2, -0.15) is 54.3 Å². The molecule has 1 heterocycles. The van der Waals surface area contributed by atoms with Crippen LogP contribution in [0.1, 0.15) is 40.0 Å². The number of nitriles is 1. The van der Waals surface area contributed by atoms with Gasteiger partial charge < -0.3 is 15.8 Å². The summed E-state index contributed by atoms with van der Waals surface area (Å²) in [6.45, 7) is -3.87. The summed E-state index contributed by atoms with van der Waals surface area (Å²) in [6.07, 6.45) is -9.48. The predicted molar refractivity (Wildman–Crippen MR) is 117 cm³/mol. The molecule has 0 radical (unpaired) electrons. The number of rotatable bonds is 8. The number of aryl methyl sites for hydroxylation is 1. The van der Waals surface area contributed by atoms with Gasteiger partial charge in [0.25, 0.3) is 5.91 Å². The minimum Gasteiger partial charge on any atom is -0.428 e. The average Bonchev–Trinajstić information content (AvgIpc) is 3.55. The van der Waals surface area contributed by atoms with Crippen LogP contribution in [-0.4, -0.2) is 40.2 Å². The lowest BCUT2D eigenvalue weighted by atomic mass is 9.98. The van der Waals surface area contributed by atoms with Gasteiger partial charge in [-0.1, -0.05) is 6.07 Å². The molecule has 1 amide bonds. The summed E-state index contributed by atoms with van der Waals surface area (Å²) in [7, 11) is 0.788. The molecule has 2 aromatic rings. The van der Waals surface area contributed by atoms with E-state index in [1.807, 2.05) is 0 Å². The Hall–Kier alpha value is -4.30. The van der Waals surface area contributed by atoms with Crippen molar-refractivity contribution in [2.24, 2.45) is 17.8 Å². The van der Waals surface area contributed by atoms with Crippen LogP contribution >= 0.6 is 0 Å². The van der Waals surface area contributed by atoms with Gasteiger partial charge >= 0.3 is 24.9 Å². The van der Waals surface area contributed by atoms with E-state index in [1.54, 1.807) is 6.07 Å². The van der Waals surface area contributed by atoms with Gasteiger partial charge in [0.15, 0.2) is 17.3 Å². The first-order chi connectivity index (χ1) is 18.4. The lowest BCUT2D eigenvalue weighted by molar-refractivity contribution is -0.291. The fraction of sp³-hybridized carbons (Fsp3) is 0.364. The SMILES string of the molecule is Cn1nc(C(F)(F)C(F)(F)F)c(OC(F)F)c1N=CC(=CN)c1ccc(C(F)(F)F)c(C(=O)NC2(C#N)CC2)c1. The second-order valence-corrected chi connectivity index (χ2v) is 8.36. The third kappa shape index (κ3) is 5.97. The highest BCUT2D eigenvalue weighted by Crippen LogP contribution is 2.49. The van der Waals surface area contributed by atoms with Crippen LogP contribution in [0.4, 0.5) is 49.7 Å². The Morgan fingerprint density at radius 1 is 1.23 bits per heavy atom. The summed E-state index contributed by atoms with van der Waals surface area (Å²) in [5, 5.41) is 14.3. The largest absolute Gasteiger partial charge is 0.459 e. The van der Waals surface area contributed by atoms with E-state index >= 15 is 0 Å². The predicted octanol–water partition coefficient (Wildman–Crippen LogP) is 5.18. The molecule has 1 aliphatic carbocycles. The number of nitrogens with one attached hydrogen (secondary N) is 1. The van der Waals surface area contributed by atoms with Crippen molar-refractivity contribution in [2.45, 2.75) is 43.3 Å². The lowest BCUT2D eigenvalue weighted by Gasteiger charge is -2.18. The van der Waals surface area contributed by atoms with Crippen LogP contribution in [0.25, 0.3) is 5.57 Å². The van der Waals surface area contributed by atoms with E-state index in [0.29, 0.717) is 12.3 Å². The number of benzene rings is 1. The van der Waals surface area contributed by atoms with E-state index in [0.717, 1.165) is 25.4 Å². The highest BCUT2D eigenvalue weighted by atomic mass is 19.4. The number of hydrogen-bond acceptors (Lipinski definition) is 6. The van der Waals surface area contributed by atoms with Crippen molar-refractivity contribution in [1.82, 2.24) is 15.1 Å². The highest BCUT2D eigenvalue weighted by molar-refractivity contribution is 6.11. The van der Waals surface area contributed by atoms with Crippen LogP contribution in [0.5, 0.6) is 5.75 Å². The van der Waals surface area contributed by atoms with E-state index in [-0.39, 0.29) is 28.7 Å². The fourth-order valence-electron chi connectivity index (χ4n) is 3.35. The second-order valence-electron chi connectivity index (χ2n) is 8.36. The number of alkyl halides is 10. The van der Waals surface area contributed by atoms with Gasteiger partial charge in [-0.3, -0.25) is 4.79 Å². The van der Waals surface area contributed by atoms with Crippen molar-refractivity contribution < 1.29 is 53.4 Å². The number of nitrogens with two attached hydrogens (primary N) is 1. The van der Waals surface area contributed by atoms with Crippen LogP contribution < -0.4 is 15.8 Å². The van der Waals surface area contributed by atoms with E-state index in [1.165, 1.54) is 0 Å². The number of nitrogens with zero attached hydrogens (tertiary/aromatic N) is 4. The number of halogens is 10. The Balaban J connectivity index is 2.07. The van der Waals surface area contributed by atoms with Gasteiger partial charge in [0.1, 0.15) is 5.54 Å². The van der Waals surface area contributed by atoms with Crippen LogP contribution in [0.2, 0.25) is 0 Å². The molecule has 0 spiro atoms. The molecule has 1 aromatic heterocycles. The molecule has 8 nitrogen and oxygen atoms in total. The van der Waals surface area contributed by atoms with Gasteiger partial charge in [0.05, 0.1) is 17.2 Å². The maximum Gasteiger partial charge on any atom is 0.459 e. The Bertz CT molecular complexity index is 1400. The van der Waals surface area contributed by atoms with E-state index in [4.69, 9.17) is 11.0 Å². The highest BCUT2D eigenvalue weighted by Gasteiger charge is 2.62. The molecule has 0 unspecified atom stereocenters. The molecule has 18 heteroatoms. The molecule has 1 fully saturated rings. The van der Waals surface area contributed by atoms with Crippen molar-refractivity contribution in [3.8, 4) is 11.8 Å². The van der Waals surface area contributed by atoms with Crippen LogP contribution in [0.15, 0.2) is 29.4 Å². The fourth-order valence-corrected chi connectivity index (χ4v) is 3.35. The van der Waals surface area contributed by atoms with E-state index in [2.05, 4.69) is 20.1 Å². The number of carbonyl (C=O) groups is 1. The molecular formula is C22H16F10N6O2. The third-order valence-electron chi connectivity index (χ3n) is 5.56. The van der Waals surface area contributed by atoms with Crippen LogP contribution in [0, 0.1) is 11.3 Å². The standard InChI is InChI=1S/C22H16F10N6O2/c1-38-16(14(40-18(23)24)15(37-38)20(25,26)22(30,31)32)35-8-11(7-33)10-2-3-13(21(27,28)29)12(6-10)17(39)36-19(9-34)4-5-19/h2-3,6-8,18H,4-5,33H2,1H3,(H,36,39). The number of hydrogen-bond donors (Lipinski definition) is 2. The summed E-state index contributed by atoms with van der Waals surface area (Å²) in [5.41, 5.74) is -0.924. The van der Waals surface area contributed by atoms with E-state index < -0.39 is 64.7 Å². The average molecular weight is 586 g/mol. The van der Waals surface area contributed by atoms with Crippen molar-refractivity contribution in [1.29, 1.82) is 5.26 Å². The molecule has 1 aliphatic rings. The van der Waals surface area contributed by atoms with Crippen molar-refractivity contribution in [3.05, 3.63) is 46.8 Å². The lowest BCUT2D eigenvalue weighted by Crippen LogP contribution is -2.36. The molecule has 216 valence electrons. The maximum atomic E-state index is 13.9. The van der Waals surface area contributed by atoms with Crippen molar-refractivity contribution in [3.63, 3.8) is 0 Å². The Morgan fingerprint density at radius 3 is 2.33 bits per heavy atom. The molecule has 1 aromatic carbocycles. The van der Waals surface area contributed by atoms with Crippen molar-refractivity contribution in [2.75, 3.05) is 0 Å². The molecule has 1 saturated carbocycles. The number of ether oxygens (including phenoxy) is 1. The summed E-state index contributed by atoms with van der Waals surface area (Å²) < 4.78 is 137. The van der Waals surface area contributed by atoms with E-state index in [9.17, 15) is 48.7 Å². The topological polar surface area (TPSA) is 118 Å². The molecular weight excluding hydrogens is 570 g/mol. The van der Waals surface area contributed by atoms with Gasteiger partial charge in [-0.25, -0.2) is 9.67 Å². The molecule has 0 saturated heterocycles. The molecule has 0 bridgehead atoms. The zero-order valence-corrected chi connectivity index (χ0v) is 19.8. The molecule has 3 rings (SSSR count). The Morgan fingerprint density at radius 2 is 1.85 bits per heavy atom. The summed E-state index contributed by atoms with van der Waals surface area (Å²) in [5.74, 6) is -9.74. The number of aromatic nitrogens is 2. The van der Waals surface area contributed by atoms with Gasteiger partial charge in [-0.15, -0.1) is 0 Å². The summed E-state index contributed by atoms with van der Waals surface area (Å²) in [4.78, 5) is 16.2. The number of carbonyl (C=O) groups excluding carboxylic acids is 1. The smallest absolute Gasteiger partial charge is 0.428 e. The molecule has 0 aliphatic heterocycles. The zero-order valence-electron chi connectivity index (χ0n) is 19.8. The molecule has 40 heavy (non-hydrogen) atoms. The zero-order chi connectivity index (χ0) is 30.3. The maximum absolute atomic E-state index is 13.9. The number of amides is 1. The number of aliphatic imine (C=N–C) groups is 1. The first kappa shape index (κ1) is 30.2. The summed E-state index contributed by atoms with van der Waals surface area (Å²) in [6, 6.07) is 3.85. The quantitative estimate of drug-likeness (QED) is 0.327. The third-order valence-corrected chi connectivity index (χ3v) is 5.56. The molecule has 0 atom stereocenters. The normalized spacial score (nSPS) is 15.8. The van der Waals surface area contributed by atoms with Gasteiger partial charge in [0.2, 0.25) is 0 Å². The minimum absolute atomic E-state index is 0.208.